The van der Waals surface area contributed by atoms with Gasteiger partial charge < -0.3 is 14.5 Å². The molecule has 6 nitrogen and oxygen atoms in total. The molecule has 25 heavy (non-hydrogen) atoms. The molecule has 4 rings (SSSR count). The first-order valence-electron chi connectivity index (χ1n) is 8.88. The van der Waals surface area contributed by atoms with E-state index in [1.165, 1.54) is 5.56 Å². The number of carbonyl (C=O) groups excluding carboxylic acids is 1. The maximum atomic E-state index is 12.4. The van der Waals surface area contributed by atoms with Crippen molar-refractivity contribution >= 4 is 5.91 Å². The second kappa shape index (κ2) is 7.37. The van der Waals surface area contributed by atoms with Gasteiger partial charge in [0.2, 0.25) is 5.91 Å². The number of ether oxygens (including phenoxy) is 1. The summed E-state index contributed by atoms with van der Waals surface area (Å²) in [6, 6.07) is 8.09. The number of furan rings is 1. The molecule has 1 N–H and O–H groups in total. The minimum atomic E-state index is -0.348. The summed E-state index contributed by atoms with van der Waals surface area (Å²) >= 11 is 0. The van der Waals surface area contributed by atoms with Crippen LogP contribution in [-0.2, 0) is 22.6 Å². The number of hydrogen-bond donors (Lipinski definition) is 1. The molecule has 0 bridgehead atoms. The molecule has 2 aliphatic heterocycles. The van der Waals surface area contributed by atoms with Crippen molar-refractivity contribution in [2.24, 2.45) is 0 Å². The van der Waals surface area contributed by atoms with Crippen LogP contribution in [0.15, 0.2) is 47.4 Å². The Labute approximate surface area is 147 Å². The molecule has 1 amide bonds. The number of nitrogens with zero attached hydrogens (tertiary/aromatic N) is 2. The number of carbonyl (C=O) groups is 1. The molecular weight excluding hydrogens is 318 g/mol. The lowest BCUT2D eigenvalue weighted by Gasteiger charge is -2.35. The van der Waals surface area contributed by atoms with Crippen molar-refractivity contribution in [1.82, 2.24) is 15.2 Å². The molecule has 0 radical (unpaired) electrons. The van der Waals surface area contributed by atoms with Gasteiger partial charge in [0.1, 0.15) is 6.10 Å². The molecular formula is C19H23N3O3. The zero-order chi connectivity index (χ0) is 17.1. The Kier molecular flexibility index (Phi) is 4.81. The average molecular weight is 341 g/mol. The first-order valence-corrected chi connectivity index (χ1v) is 8.88. The number of aromatic nitrogens is 1. The van der Waals surface area contributed by atoms with Gasteiger partial charge in [-0.2, -0.15) is 0 Å². The Bertz CT molecular complexity index is 689. The van der Waals surface area contributed by atoms with Crippen LogP contribution in [0.5, 0.6) is 0 Å². The van der Waals surface area contributed by atoms with E-state index in [-0.39, 0.29) is 18.1 Å². The minimum Gasteiger partial charge on any atom is -0.472 e. The summed E-state index contributed by atoms with van der Waals surface area (Å²) in [4.78, 5) is 19.1. The molecule has 2 aromatic heterocycles. The third-order valence-corrected chi connectivity index (χ3v) is 5.09. The highest BCUT2D eigenvalue weighted by Gasteiger charge is 2.41. The lowest BCUT2D eigenvalue weighted by Crippen LogP contribution is -2.47. The van der Waals surface area contributed by atoms with Gasteiger partial charge in [0.25, 0.3) is 0 Å². The summed E-state index contributed by atoms with van der Waals surface area (Å²) in [6.07, 6.45) is 7.77. The van der Waals surface area contributed by atoms with Crippen LogP contribution < -0.4 is 5.32 Å². The summed E-state index contributed by atoms with van der Waals surface area (Å²) in [5.41, 5.74) is 2.05. The minimum absolute atomic E-state index is 0.0302. The highest BCUT2D eigenvalue weighted by molar-refractivity contribution is 5.80. The smallest absolute Gasteiger partial charge is 0.249 e. The number of nitrogens with one attached hydrogen (secondary N) is 1. The Hall–Kier alpha value is -2.18. The zero-order valence-electron chi connectivity index (χ0n) is 14.1. The molecule has 3 atom stereocenters. The highest BCUT2D eigenvalue weighted by Crippen LogP contribution is 2.32. The molecule has 2 aromatic rings. The number of pyridine rings is 1. The molecule has 2 saturated heterocycles. The van der Waals surface area contributed by atoms with E-state index in [0.717, 1.165) is 38.0 Å². The van der Waals surface area contributed by atoms with Crippen LogP contribution in [0.1, 0.15) is 30.5 Å². The molecule has 2 fully saturated rings. The van der Waals surface area contributed by atoms with Crippen molar-refractivity contribution in [3.05, 3.63) is 54.2 Å². The summed E-state index contributed by atoms with van der Waals surface area (Å²) in [5, 5.41) is 2.94. The van der Waals surface area contributed by atoms with E-state index in [2.05, 4.69) is 15.2 Å². The van der Waals surface area contributed by atoms with Crippen LogP contribution in [0.2, 0.25) is 0 Å². The van der Waals surface area contributed by atoms with Crippen molar-refractivity contribution in [3.63, 3.8) is 0 Å². The van der Waals surface area contributed by atoms with Gasteiger partial charge in [-0.05, 0) is 37.5 Å². The van der Waals surface area contributed by atoms with E-state index in [1.807, 2.05) is 24.3 Å². The van der Waals surface area contributed by atoms with Crippen molar-refractivity contribution in [2.75, 3.05) is 6.54 Å². The van der Waals surface area contributed by atoms with Gasteiger partial charge in [0, 0.05) is 30.9 Å². The lowest BCUT2D eigenvalue weighted by molar-refractivity contribution is -0.144. The Morgan fingerprint density at radius 3 is 3.04 bits per heavy atom. The number of rotatable bonds is 5. The zero-order valence-corrected chi connectivity index (χ0v) is 14.1. The third kappa shape index (κ3) is 3.75. The quantitative estimate of drug-likeness (QED) is 0.902. The molecule has 0 saturated carbocycles. The predicted octanol–water partition coefficient (Wildman–Crippen LogP) is 2.11. The maximum absolute atomic E-state index is 12.4. The second-order valence-electron chi connectivity index (χ2n) is 6.74. The summed E-state index contributed by atoms with van der Waals surface area (Å²) in [6.45, 7) is 2.33. The van der Waals surface area contributed by atoms with E-state index < -0.39 is 0 Å². The first-order chi connectivity index (χ1) is 12.3. The van der Waals surface area contributed by atoms with Gasteiger partial charge in [-0.3, -0.25) is 14.7 Å². The van der Waals surface area contributed by atoms with E-state index in [4.69, 9.17) is 9.15 Å². The Morgan fingerprint density at radius 2 is 2.24 bits per heavy atom. The summed E-state index contributed by atoms with van der Waals surface area (Å²) in [5.74, 6) is -0.0302. The fourth-order valence-corrected chi connectivity index (χ4v) is 3.82. The van der Waals surface area contributed by atoms with Crippen LogP contribution in [-0.4, -0.2) is 40.6 Å². The predicted molar refractivity (Wildman–Crippen MR) is 91.5 cm³/mol. The fraction of sp³-hybridized carbons (Fsp3) is 0.474. The standard InChI is InChI=1S/C19H23N3O3/c23-19(21-11-15-3-1-2-8-20-15)18-5-4-16-17(25-18)6-9-22(16)12-14-7-10-24-13-14/h1-3,7-8,10,13,16-18H,4-6,9,11-12H2,(H,21,23)/t16-,17-,18+/m1/s1. The maximum Gasteiger partial charge on any atom is 0.249 e. The van der Waals surface area contributed by atoms with Crippen molar-refractivity contribution < 1.29 is 13.9 Å². The van der Waals surface area contributed by atoms with Gasteiger partial charge in [-0.25, -0.2) is 0 Å². The normalized spacial score (nSPS) is 26.3. The lowest BCUT2D eigenvalue weighted by atomic mass is 9.98. The molecule has 0 aliphatic carbocycles. The van der Waals surface area contributed by atoms with E-state index >= 15 is 0 Å². The average Bonchev–Trinajstić information content (AvgIpc) is 3.31. The first kappa shape index (κ1) is 16.3. The van der Waals surface area contributed by atoms with Gasteiger partial charge in [0.05, 0.1) is 30.9 Å². The topological polar surface area (TPSA) is 67.6 Å². The molecule has 6 heteroatoms. The van der Waals surface area contributed by atoms with Gasteiger partial charge in [-0.15, -0.1) is 0 Å². The van der Waals surface area contributed by atoms with Gasteiger partial charge in [0.15, 0.2) is 0 Å². The highest BCUT2D eigenvalue weighted by atomic mass is 16.5. The van der Waals surface area contributed by atoms with E-state index in [0.29, 0.717) is 12.6 Å². The van der Waals surface area contributed by atoms with Crippen LogP contribution in [0.3, 0.4) is 0 Å². The van der Waals surface area contributed by atoms with Gasteiger partial charge in [-0.1, -0.05) is 6.07 Å². The van der Waals surface area contributed by atoms with Crippen LogP contribution in [0.4, 0.5) is 0 Å². The monoisotopic (exact) mass is 341 g/mol. The third-order valence-electron chi connectivity index (χ3n) is 5.09. The van der Waals surface area contributed by atoms with Crippen molar-refractivity contribution in [3.8, 4) is 0 Å². The van der Waals surface area contributed by atoms with E-state index in [9.17, 15) is 4.79 Å². The molecule has 2 aliphatic rings. The number of fused-ring (bicyclic) bond motifs is 1. The number of hydrogen-bond acceptors (Lipinski definition) is 5. The molecule has 0 aromatic carbocycles. The fourth-order valence-electron chi connectivity index (χ4n) is 3.82. The van der Waals surface area contributed by atoms with Crippen LogP contribution >= 0.6 is 0 Å². The van der Waals surface area contributed by atoms with Crippen molar-refractivity contribution in [2.45, 2.75) is 50.6 Å². The van der Waals surface area contributed by atoms with E-state index in [1.54, 1.807) is 18.7 Å². The molecule has 4 heterocycles. The number of amides is 1. The Balaban J connectivity index is 1.29. The van der Waals surface area contributed by atoms with Crippen LogP contribution in [0, 0.1) is 0 Å². The molecule has 0 unspecified atom stereocenters. The second-order valence-corrected chi connectivity index (χ2v) is 6.74. The Morgan fingerprint density at radius 1 is 1.28 bits per heavy atom. The largest absolute Gasteiger partial charge is 0.472 e. The van der Waals surface area contributed by atoms with Crippen LogP contribution in [0.25, 0.3) is 0 Å². The number of likely N-dealkylation sites (tertiary alicyclic amines) is 1. The molecule has 0 spiro atoms. The summed E-state index contributed by atoms with van der Waals surface area (Å²) in [7, 11) is 0. The SMILES string of the molecule is O=C(NCc1ccccn1)[C@@H]1CC[C@@H]2[C@@H](CCN2Cc2ccoc2)O1. The molecule has 132 valence electrons. The van der Waals surface area contributed by atoms with Crippen molar-refractivity contribution in [1.29, 1.82) is 0 Å². The summed E-state index contributed by atoms with van der Waals surface area (Å²) < 4.78 is 11.3. The van der Waals surface area contributed by atoms with Gasteiger partial charge >= 0.3 is 0 Å².